The zero-order valence-corrected chi connectivity index (χ0v) is 10.1. The molecular weight excluding hydrogens is 216 g/mol. The van der Waals surface area contributed by atoms with Crippen LogP contribution in [0.2, 0.25) is 0 Å². The van der Waals surface area contributed by atoms with Gasteiger partial charge in [-0.05, 0) is 44.4 Å². The van der Waals surface area contributed by atoms with E-state index in [0.29, 0.717) is 13.0 Å². The van der Waals surface area contributed by atoms with Crippen LogP contribution in [0, 0.1) is 6.92 Å². The quantitative estimate of drug-likeness (QED) is 0.633. The van der Waals surface area contributed by atoms with Crippen molar-refractivity contribution in [3.05, 3.63) is 29.8 Å². The van der Waals surface area contributed by atoms with Crippen LogP contribution in [0.5, 0.6) is 0 Å². The molecule has 1 rings (SSSR count). The molecule has 0 aliphatic rings. The summed E-state index contributed by atoms with van der Waals surface area (Å²) in [5, 5.41) is 12.2. The topological polar surface area (TPSA) is 75.3 Å². The lowest BCUT2D eigenvalue weighted by Gasteiger charge is -2.17. The van der Waals surface area contributed by atoms with E-state index >= 15 is 0 Å². The summed E-state index contributed by atoms with van der Waals surface area (Å²) in [6, 6.07) is 7.15. The van der Waals surface area contributed by atoms with Crippen molar-refractivity contribution in [1.29, 1.82) is 0 Å². The van der Waals surface area contributed by atoms with Gasteiger partial charge in [0, 0.05) is 5.69 Å². The molecule has 0 aliphatic heterocycles. The molecular formula is C13H20N2O2. The number of nitrogens with two attached hydrogens (primary N) is 1. The van der Waals surface area contributed by atoms with Crippen molar-refractivity contribution < 1.29 is 9.90 Å². The molecule has 94 valence electrons. The van der Waals surface area contributed by atoms with Crippen LogP contribution in [-0.4, -0.2) is 23.7 Å². The second kappa shape index (κ2) is 6.91. The summed E-state index contributed by atoms with van der Waals surface area (Å²) in [5.41, 5.74) is 7.34. The molecule has 1 atom stereocenters. The van der Waals surface area contributed by atoms with Crippen LogP contribution in [0.25, 0.3) is 0 Å². The van der Waals surface area contributed by atoms with Gasteiger partial charge in [0.05, 0.1) is 0 Å². The van der Waals surface area contributed by atoms with E-state index in [1.807, 2.05) is 31.2 Å². The number of hydrogen-bond acceptors (Lipinski definition) is 3. The van der Waals surface area contributed by atoms with Gasteiger partial charge in [-0.25, -0.2) is 4.79 Å². The summed E-state index contributed by atoms with van der Waals surface area (Å²) in [6.07, 6.45) is 2.28. The minimum atomic E-state index is -0.815. The van der Waals surface area contributed by atoms with E-state index in [0.717, 1.165) is 24.1 Å². The van der Waals surface area contributed by atoms with Gasteiger partial charge in [0.1, 0.15) is 6.04 Å². The van der Waals surface area contributed by atoms with Gasteiger partial charge in [-0.15, -0.1) is 0 Å². The Morgan fingerprint density at radius 1 is 1.41 bits per heavy atom. The number of nitrogens with one attached hydrogen (secondary N) is 1. The van der Waals surface area contributed by atoms with Gasteiger partial charge in [0.2, 0.25) is 0 Å². The smallest absolute Gasteiger partial charge is 0.326 e. The molecule has 0 unspecified atom stereocenters. The molecule has 0 amide bonds. The fourth-order valence-corrected chi connectivity index (χ4v) is 1.67. The summed E-state index contributed by atoms with van der Waals surface area (Å²) in [5.74, 6) is -0.815. The first kappa shape index (κ1) is 13.5. The third-order valence-corrected chi connectivity index (χ3v) is 2.72. The number of anilines is 1. The zero-order chi connectivity index (χ0) is 12.7. The van der Waals surface area contributed by atoms with E-state index in [9.17, 15) is 4.79 Å². The first-order chi connectivity index (χ1) is 8.15. The summed E-state index contributed by atoms with van der Waals surface area (Å²) >= 11 is 0. The number of rotatable bonds is 7. The van der Waals surface area contributed by atoms with Gasteiger partial charge in [-0.3, -0.25) is 0 Å². The Morgan fingerprint density at radius 2 is 2.12 bits per heavy atom. The highest BCUT2D eigenvalue weighted by Crippen LogP contribution is 2.16. The molecule has 4 heteroatoms. The van der Waals surface area contributed by atoms with Crippen LogP contribution in [-0.2, 0) is 4.79 Å². The van der Waals surface area contributed by atoms with Gasteiger partial charge in [0.15, 0.2) is 0 Å². The second-order valence-corrected chi connectivity index (χ2v) is 4.13. The summed E-state index contributed by atoms with van der Waals surface area (Å²) < 4.78 is 0. The molecule has 0 aromatic heterocycles. The monoisotopic (exact) mass is 236 g/mol. The van der Waals surface area contributed by atoms with Gasteiger partial charge in [-0.2, -0.15) is 0 Å². The lowest BCUT2D eigenvalue weighted by molar-refractivity contribution is -0.138. The van der Waals surface area contributed by atoms with Crippen LogP contribution in [0.1, 0.15) is 24.8 Å². The number of carbonyl (C=O) groups is 1. The Bertz CT molecular complexity index is 366. The van der Waals surface area contributed by atoms with Crippen molar-refractivity contribution in [3.63, 3.8) is 0 Å². The Kier molecular flexibility index (Phi) is 5.49. The van der Waals surface area contributed by atoms with Gasteiger partial charge >= 0.3 is 5.97 Å². The van der Waals surface area contributed by atoms with Crippen molar-refractivity contribution in [3.8, 4) is 0 Å². The normalized spacial score (nSPS) is 12.1. The largest absolute Gasteiger partial charge is 0.480 e. The molecule has 0 heterocycles. The van der Waals surface area contributed by atoms with E-state index in [4.69, 9.17) is 10.8 Å². The average molecular weight is 236 g/mol. The number of aryl methyl sites for hydroxylation is 1. The van der Waals surface area contributed by atoms with E-state index in [1.54, 1.807) is 0 Å². The second-order valence-electron chi connectivity index (χ2n) is 4.13. The molecule has 4 N–H and O–H groups in total. The highest BCUT2D eigenvalue weighted by molar-refractivity contribution is 5.77. The van der Waals surface area contributed by atoms with Gasteiger partial charge in [0.25, 0.3) is 0 Å². The lowest BCUT2D eigenvalue weighted by atomic mass is 10.1. The van der Waals surface area contributed by atoms with E-state index in [1.165, 1.54) is 0 Å². The third-order valence-electron chi connectivity index (χ3n) is 2.72. The fraction of sp³-hybridized carbons (Fsp3) is 0.462. The highest BCUT2D eigenvalue weighted by Gasteiger charge is 2.16. The predicted octanol–water partition coefficient (Wildman–Crippen LogP) is 1.99. The molecule has 0 saturated carbocycles. The highest BCUT2D eigenvalue weighted by atomic mass is 16.4. The SMILES string of the molecule is Cc1ccccc1N[C@@H](CCCCN)C(=O)O. The number of aliphatic carboxylic acids is 1. The molecule has 17 heavy (non-hydrogen) atoms. The molecule has 0 saturated heterocycles. The van der Waals surface area contributed by atoms with Gasteiger partial charge in [-0.1, -0.05) is 18.2 Å². The minimum Gasteiger partial charge on any atom is -0.480 e. The summed E-state index contributed by atoms with van der Waals surface area (Å²) in [4.78, 5) is 11.1. The zero-order valence-electron chi connectivity index (χ0n) is 10.1. The Balaban J connectivity index is 2.61. The van der Waals surface area contributed by atoms with E-state index in [-0.39, 0.29) is 0 Å². The molecule has 4 nitrogen and oxygen atoms in total. The first-order valence-electron chi connectivity index (χ1n) is 5.90. The molecule has 0 radical (unpaired) electrons. The Morgan fingerprint density at radius 3 is 2.71 bits per heavy atom. The number of unbranched alkanes of at least 4 members (excludes halogenated alkanes) is 1. The number of carboxylic acid groups (broad SMARTS) is 1. The van der Waals surface area contributed by atoms with Crippen LogP contribution >= 0.6 is 0 Å². The van der Waals surface area contributed by atoms with E-state index in [2.05, 4.69) is 5.32 Å². The molecule has 0 bridgehead atoms. The molecule has 0 fully saturated rings. The predicted molar refractivity (Wildman–Crippen MR) is 69.1 cm³/mol. The van der Waals surface area contributed by atoms with Crippen LogP contribution < -0.4 is 11.1 Å². The number of carboxylic acids is 1. The van der Waals surface area contributed by atoms with Crippen LogP contribution in [0.15, 0.2) is 24.3 Å². The fourth-order valence-electron chi connectivity index (χ4n) is 1.67. The third kappa shape index (κ3) is 4.44. The summed E-state index contributed by atoms with van der Waals surface area (Å²) in [7, 11) is 0. The maximum Gasteiger partial charge on any atom is 0.326 e. The van der Waals surface area contributed by atoms with Gasteiger partial charge < -0.3 is 16.2 Å². The van der Waals surface area contributed by atoms with Crippen LogP contribution in [0.3, 0.4) is 0 Å². The Hall–Kier alpha value is -1.55. The van der Waals surface area contributed by atoms with Crippen molar-refractivity contribution in [2.24, 2.45) is 5.73 Å². The lowest BCUT2D eigenvalue weighted by Crippen LogP contribution is -2.29. The van der Waals surface area contributed by atoms with Crippen molar-refractivity contribution in [2.75, 3.05) is 11.9 Å². The maximum atomic E-state index is 11.1. The number of para-hydroxylation sites is 1. The molecule has 1 aromatic rings. The molecule has 0 aliphatic carbocycles. The van der Waals surface area contributed by atoms with Crippen molar-refractivity contribution in [1.82, 2.24) is 0 Å². The van der Waals surface area contributed by atoms with Crippen molar-refractivity contribution >= 4 is 11.7 Å². The molecule has 1 aromatic carbocycles. The van der Waals surface area contributed by atoms with Crippen molar-refractivity contribution in [2.45, 2.75) is 32.2 Å². The molecule has 0 spiro atoms. The first-order valence-corrected chi connectivity index (χ1v) is 5.90. The minimum absolute atomic E-state index is 0.539. The average Bonchev–Trinajstić information content (AvgIpc) is 2.30. The van der Waals surface area contributed by atoms with Crippen LogP contribution in [0.4, 0.5) is 5.69 Å². The van der Waals surface area contributed by atoms with E-state index < -0.39 is 12.0 Å². The number of hydrogen-bond donors (Lipinski definition) is 3. The Labute approximate surface area is 102 Å². The number of benzene rings is 1. The maximum absolute atomic E-state index is 11.1. The standard InChI is InChI=1S/C13H20N2O2/c1-10-6-2-3-7-11(10)15-12(13(16)17)8-4-5-9-14/h2-3,6-7,12,15H,4-5,8-9,14H2,1H3,(H,16,17)/t12-/m0/s1. The summed E-state index contributed by atoms with van der Waals surface area (Å²) in [6.45, 7) is 2.57.